The lowest BCUT2D eigenvalue weighted by Gasteiger charge is -2.41. The summed E-state index contributed by atoms with van der Waals surface area (Å²) in [5.74, 6) is 0. The summed E-state index contributed by atoms with van der Waals surface area (Å²) in [6.45, 7) is 7.66. The maximum atomic E-state index is 12.0. The first kappa shape index (κ1) is 22.9. The molecule has 31 heavy (non-hydrogen) atoms. The normalized spacial score (nSPS) is 20.6. The number of aliphatic hydroxyl groups is 1. The van der Waals surface area contributed by atoms with Gasteiger partial charge in [0, 0.05) is 30.8 Å². The van der Waals surface area contributed by atoms with Gasteiger partial charge in [0.15, 0.2) is 0 Å². The molecule has 1 amide bonds. The minimum Gasteiger partial charge on any atom is -0.446 e. The number of ether oxygens (including phenoxy) is 1. The molecule has 0 radical (unpaired) electrons. The first-order valence-corrected chi connectivity index (χ1v) is 11.1. The first-order chi connectivity index (χ1) is 15.0. The lowest BCUT2D eigenvalue weighted by Crippen LogP contribution is -2.43. The number of hydrogen-bond donors (Lipinski definition) is 3. The topological polar surface area (TPSA) is 70.6 Å². The molecule has 5 nitrogen and oxygen atoms in total. The molecule has 5 heteroatoms. The van der Waals surface area contributed by atoms with E-state index >= 15 is 0 Å². The highest BCUT2D eigenvalue weighted by atomic mass is 16.6. The third-order valence-electron chi connectivity index (χ3n) is 6.26. The average molecular weight is 423 g/mol. The molecule has 1 aliphatic carbocycles. The van der Waals surface area contributed by atoms with Crippen LogP contribution in [0.3, 0.4) is 0 Å². The fourth-order valence-electron chi connectivity index (χ4n) is 4.37. The van der Waals surface area contributed by atoms with Gasteiger partial charge in [-0.3, -0.25) is 0 Å². The third kappa shape index (κ3) is 6.11. The Morgan fingerprint density at radius 3 is 2.45 bits per heavy atom. The fourth-order valence-corrected chi connectivity index (χ4v) is 4.37. The van der Waals surface area contributed by atoms with Crippen LogP contribution in [-0.2, 0) is 10.2 Å². The highest BCUT2D eigenvalue weighted by molar-refractivity contribution is 5.67. The Hall–Kier alpha value is -2.79. The molecule has 3 rings (SSSR count). The zero-order chi connectivity index (χ0) is 22.1. The Balaban J connectivity index is 1.64. The summed E-state index contributed by atoms with van der Waals surface area (Å²) in [6, 6.07) is 18.9. The summed E-state index contributed by atoms with van der Waals surface area (Å²) < 4.78 is 5.61. The second-order valence-electron chi connectivity index (χ2n) is 8.40. The molecule has 1 saturated carbocycles. The molecule has 166 valence electrons. The summed E-state index contributed by atoms with van der Waals surface area (Å²) in [5, 5.41) is 15.1. The number of hydrogen-bond acceptors (Lipinski definition) is 4. The van der Waals surface area contributed by atoms with Gasteiger partial charge in [-0.2, -0.15) is 0 Å². The minimum atomic E-state index is -0.392. The lowest BCUT2D eigenvalue weighted by molar-refractivity contribution is 0.0574. The number of amides is 1. The van der Waals surface area contributed by atoms with E-state index in [0.29, 0.717) is 13.0 Å². The standard InChI is InChI=1S/C26H34N2O3/c1-20-9-6-7-12-24(20)21(2)28-19-26(22-10-4-3-5-11-22)15-13-23(14-16-26)31-25(30)27-17-8-18-29/h3-7,9-12,23,28-29H,2,8,13-19H2,1H3,(H,27,30). The summed E-state index contributed by atoms with van der Waals surface area (Å²) in [6.07, 6.45) is 3.57. The molecule has 0 aliphatic heterocycles. The van der Waals surface area contributed by atoms with Crippen LogP contribution in [0.25, 0.3) is 5.70 Å². The van der Waals surface area contributed by atoms with Gasteiger partial charge in [0.2, 0.25) is 0 Å². The molecular formula is C26H34N2O3. The number of aliphatic hydroxyl groups excluding tert-OH is 1. The Kier molecular flexibility index (Phi) is 8.13. The summed E-state index contributed by atoms with van der Waals surface area (Å²) >= 11 is 0. The first-order valence-electron chi connectivity index (χ1n) is 11.1. The van der Waals surface area contributed by atoms with E-state index in [-0.39, 0.29) is 18.1 Å². The van der Waals surface area contributed by atoms with Crippen LogP contribution in [0.1, 0.15) is 48.8 Å². The van der Waals surface area contributed by atoms with Gasteiger partial charge in [-0.05, 0) is 55.7 Å². The van der Waals surface area contributed by atoms with E-state index in [1.54, 1.807) is 0 Å². The van der Waals surface area contributed by atoms with E-state index in [2.05, 4.69) is 60.5 Å². The molecule has 0 spiro atoms. The number of rotatable bonds is 9. The molecule has 1 aliphatic rings. The van der Waals surface area contributed by atoms with E-state index in [0.717, 1.165) is 43.5 Å². The third-order valence-corrected chi connectivity index (χ3v) is 6.26. The van der Waals surface area contributed by atoms with Crippen LogP contribution in [0.5, 0.6) is 0 Å². The quantitative estimate of drug-likeness (QED) is 0.519. The molecule has 0 saturated heterocycles. The fraction of sp³-hybridized carbons (Fsp3) is 0.423. The highest BCUT2D eigenvalue weighted by Gasteiger charge is 2.38. The van der Waals surface area contributed by atoms with E-state index < -0.39 is 6.09 Å². The Morgan fingerprint density at radius 2 is 1.77 bits per heavy atom. The predicted octanol–water partition coefficient (Wildman–Crippen LogP) is 4.54. The van der Waals surface area contributed by atoms with Gasteiger partial charge in [0.25, 0.3) is 0 Å². The summed E-state index contributed by atoms with van der Waals surface area (Å²) in [7, 11) is 0. The van der Waals surface area contributed by atoms with Crippen LogP contribution in [0, 0.1) is 6.92 Å². The van der Waals surface area contributed by atoms with Gasteiger partial charge in [-0.15, -0.1) is 0 Å². The number of alkyl carbamates (subject to hydrolysis) is 1. The van der Waals surface area contributed by atoms with Gasteiger partial charge in [-0.1, -0.05) is 61.2 Å². The Morgan fingerprint density at radius 1 is 1.10 bits per heavy atom. The van der Waals surface area contributed by atoms with Crippen LogP contribution in [0.4, 0.5) is 4.79 Å². The van der Waals surface area contributed by atoms with Gasteiger partial charge < -0.3 is 20.5 Å². The van der Waals surface area contributed by atoms with E-state index in [1.165, 1.54) is 11.1 Å². The monoisotopic (exact) mass is 422 g/mol. The molecule has 3 N–H and O–H groups in total. The number of aryl methyl sites for hydroxylation is 1. The van der Waals surface area contributed by atoms with E-state index in [1.807, 2.05) is 18.2 Å². The van der Waals surface area contributed by atoms with Crippen molar-refractivity contribution in [2.45, 2.75) is 50.5 Å². The van der Waals surface area contributed by atoms with Crippen molar-refractivity contribution < 1.29 is 14.6 Å². The molecular weight excluding hydrogens is 388 g/mol. The van der Waals surface area contributed by atoms with Crippen molar-refractivity contribution in [1.82, 2.24) is 10.6 Å². The van der Waals surface area contributed by atoms with Crippen LogP contribution in [0.2, 0.25) is 0 Å². The summed E-state index contributed by atoms with van der Waals surface area (Å²) in [5.41, 5.74) is 4.57. The van der Waals surface area contributed by atoms with Crippen molar-refractivity contribution in [3.8, 4) is 0 Å². The van der Waals surface area contributed by atoms with Crippen LogP contribution in [0.15, 0.2) is 61.2 Å². The van der Waals surface area contributed by atoms with Crippen molar-refractivity contribution in [2.24, 2.45) is 0 Å². The predicted molar refractivity (Wildman–Crippen MR) is 125 cm³/mol. The van der Waals surface area contributed by atoms with Crippen molar-refractivity contribution in [2.75, 3.05) is 19.7 Å². The molecule has 0 unspecified atom stereocenters. The summed E-state index contributed by atoms with van der Waals surface area (Å²) in [4.78, 5) is 12.0. The largest absolute Gasteiger partial charge is 0.446 e. The van der Waals surface area contributed by atoms with E-state index in [4.69, 9.17) is 9.84 Å². The van der Waals surface area contributed by atoms with Gasteiger partial charge in [0.1, 0.15) is 6.10 Å². The maximum Gasteiger partial charge on any atom is 0.407 e. The smallest absolute Gasteiger partial charge is 0.407 e. The number of carbonyl (C=O) groups excluding carboxylic acids is 1. The second-order valence-corrected chi connectivity index (χ2v) is 8.40. The molecule has 0 aromatic heterocycles. The lowest BCUT2D eigenvalue weighted by atomic mass is 9.68. The Bertz CT molecular complexity index is 858. The SMILES string of the molecule is C=C(NCC1(c2ccccc2)CCC(OC(=O)NCCCO)CC1)c1ccccc1C. The molecule has 2 aromatic rings. The molecule has 2 aromatic carbocycles. The van der Waals surface area contributed by atoms with Gasteiger partial charge in [0.05, 0.1) is 0 Å². The van der Waals surface area contributed by atoms with Crippen molar-refractivity contribution in [1.29, 1.82) is 0 Å². The minimum absolute atomic E-state index is 0.0277. The van der Waals surface area contributed by atoms with Crippen LogP contribution >= 0.6 is 0 Å². The van der Waals surface area contributed by atoms with Gasteiger partial charge in [-0.25, -0.2) is 4.79 Å². The zero-order valence-corrected chi connectivity index (χ0v) is 18.4. The van der Waals surface area contributed by atoms with Gasteiger partial charge >= 0.3 is 6.09 Å². The second kappa shape index (κ2) is 11.0. The Labute approximate surface area is 185 Å². The molecule has 0 bridgehead atoms. The van der Waals surface area contributed by atoms with Crippen molar-refractivity contribution in [3.05, 3.63) is 77.9 Å². The molecule has 0 heterocycles. The molecule has 0 atom stereocenters. The number of nitrogens with one attached hydrogen (secondary N) is 2. The number of benzene rings is 2. The van der Waals surface area contributed by atoms with E-state index in [9.17, 15) is 4.79 Å². The van der Waals surface area contributed by atoms with Crippen molar-refractivity contribution >= 4 is 11.8 Å². The van der Waals surface area contributed by atoms with Crippen molar-refractivity contribution in [3.63, 3.8) is 0 Å². The maximum absolute atomic E-state index is 12.0. The number of carbonyl (C=O) groups is 1. The van der Waals surface area contributed by atoms with Crippen LogP contribution in [-0.4, -0.2) is 37.0 Å². The highest BCUT2D eigenvalue weighted by Crippen LogP contribution is 2.40. The zero-order valence-electron chi connectivity index (χ0n) is 18.4. The molecule has 1 fully saturated rings. The van der Waals surface area contributed by atoms with Crippen LogP contribution < -0.4 is 10.6 Å². The average Bonchev–Trinajstić information content (AvgIpc) is 2.80.